The molecule has 1 aromatic carbocycles. The first-order valence-electron chi connectivity index (χ1n) is 5.71. The van der Waals surface area contributed by atoms with Gasteiger partial charge in [-0.05, 0) is 13.0 Å². The maximum Gasteiger partial charge on any atom is 0.379 e. The number of carbonyl (C=O) groups is 2. The van der Waals surface area contributed by atoms with Crippen LogP contribution in [0.1, 0.15) is 17.3 Å². The summed E-state index contributed by atoms with van der Waals surface area (Å²) in [6.07, 6.45) is 0. The van der Waals surface area contributed by atoms with Gasteiger partial charge in [-0.2, -0.15) is 0 Å². The molecule has 0 aromatic heterocycles. The molecule has 0 aliphatic rings. The van der Waals surface area contributed by atoms with Crippen LogP contribution < -0.4 is 14.2 Å². The Balaban J connectivity index is 3.44. The largest absolute Gasteiger partial charge is 0.492 e. The zero-order valence-electron chi connectivity index (χ0n) is 11.6. The summed E-state index contributed by atoms with van der Waals surface area (Å²) < 4.78 is 20.0. The summed E-state index contributed by atoms with van der Waals surface area (Å²) in [5.74, 6) is -1.45. The maximum absolute atomic E-state index is 12.0. The SMILES string of the molecule is CCOC(=O)C(=O)c1cc(Cl)c(OC)c(OC)c1OC. The summed E-state index contributed by atoms with van der Waals surface area (Å²) in [7, 11) is 4.11. The van der Waals surface area contributed by atoms with Gasteiger partial charge in [-0.15, -0.1) is 0 Å². The minimum Gasteiger partial charge on any atom is -0.492 e. The molecule has 0 bridgehead atoms. The zero-order valence-corrected chi connectivity index (χ0v) is 12.4. The van der Waals surface area contributed by atoms with E-state index in [9.17, 15) is 9.59 Å². The molecule has 0 saturated carbocycles. The third kappa shape index (κ3) is 2.96. The normalized spacial score (nSPS) is 9.85. The van der Waals surface area contributed by atoms with Crippen LogP contribution in [0.5, 0.6) is 17.2 Å². The third-order valence-electron chi connectivity index (χ3n) is 2.46. The Kier molecular flexibility index (Phi) is 5.64. The molecule has 1 rings (SSSR count). The maximum atomic E-state index is 12.0. The Hall–Kier alpha value is -1.95. The van der Waals surface area contributed by atoms with Crippen molar-refractivity contribution in [2.45, 2.75) is 6.92 Å². The lowest BCUT2D eigenvalue weighted by atomic mass is 10.1. The van der Waals surface area contributed by atoms with Crippen molar-refractivity contribution in [3.05, 3.63) is 16.7 Å². The van der Waals surface area contributed by atoms with Gasteiger partial charge in [-0.25, -0.2) is 4.79 Å². The Bertz CT molecular complexity index is 526. The molecule has 0 atom stereocenters. The summed E-state index contributed by atoms with van der Waals surface area (Å²) in [5.41, 5.74) is -0.0476. The molecular weight excluding hydrogens is 288 g/mol. The van der Waals surface area contributed by atoms with Crippen LogP contribution in [0.15, 0.2) is 6.07 Å². The molecular formula is C13H15ClO6. The molecule has 20 heavy (non-hydrogen) atoms. The van der Waals surface area contributed by atoms with Crippen LogP contribution in [0.2, 0.25) is 5.02 Å². The van der Waals surface area contributed by atoms with Gasteiger partial charge in [0.05, 0.1) is 38.5 Å². The minimum atomic E-state index is -0.992. The van der Waals surface area contributed by atoms with Gasteiger partial charge in [0, 0.05) is 0 Å². The van der Waals surface area contributed by atoms with Gasteiger partial charge in [-0.3, -0.25) is 4.79 Å². The molecule has 0 N–H and O–H groups in total. The van der Waals surface area contributed by atoms with Crippen LogP contribution in [0, 0.1) is 0 Å². The summed E-state index contributed by atoms with van der Waals surface area (Å²) in [5, 5.41) is 0.123. The molecule has 0 fully saturated rings. The number of hydrogen-bond acceptors (Lipinski definition) is 6. The summed E-state index contributed by atoms with van der Waals surface area (Å²) in [4.78, 5) is 23.6. The molecule has 0 saturated heterocycles. The first kappa shape index (κ1) is 16.1. The van der Waals surface area contributed by atoms with E-state index in [4.69, 9.17) is 25.8 Å². The first-order chi connectivity index (χ1) is 9.51. The highest BCUT2D eigenvalue weighted by atomic mass is 35.5. The number of Topliss-reactive ketones (excluding diaryl/α,β-unsaturated/α-hetero) is 1. The number of hydrogen-bond donors (Lipinski definition) is 0. The second-order valence-corrected chi connectivity index (χ2v) is 3.96. The number of rotatable bonds is 6. The molecule has 0 aliphatic carbocycles. The number of halogens is 1. The standard InChI is InChI=1S/C13H15ClO6/c1-5-20-13(16)9(15)7-6-8(14)11(18-3)12(19-4)10(7)17-2/h6H,5H2,1-4H3. The summed E-state index contributed by atoms with van der Waals surface area (Å²) in [6.45, 7) is 1.69. The Morgan fingerprint density at radius 1 is 1.05 bits per heavy atom. The Labute approximate surface area is 121 Å². The lowest BCUT2D eigenvalue weighted by Gasteiger charge is -2.16. The van der Waals surface area contributed by atoms with Crippen LogP contribution in [0.25, 0.3) is 0 Å². The highest BCUT2D eigenvalue weighted by Crippen LogP contribution is 2.45. The van der Waals surface area contributed by atoms with Crippen molar-refractivity contribution in [2.75, 3.05) is 27.9 Å². The van der Waals surface area contributed by atoms with E-state index in [-0.39, 0.29) is 34.4 Å². The van der Waals surface area contributed by atoms with Gasteiger partial charge in [0.25, 0.3) is 5.78 Å². The average Bonchev–Trinajstić information content (AvgIpc) is 2.45. The zero-order chi connectivity index (χ0) is 15.3. The van der Waals surface area contributed by atoms with E-state index in [1.165, 1.54) is 27.4 Å². The molecule has 0 heterocycles. The smallest absolute Gasteiger partial charge is 0.379 e. The number of ether oxygens (including phenoxy) is 4. The number of esters is 1. The molecule has 7 heteroatoms. The molecule has 0 spiro atoms. The van der Waals surface area contributed by atoms with E-state index >= 15 is 0 Å². The number of benzene rings is 1. The minimum absolute atomic E-state index is 0.0476. The number of ketones is 1. The fourth-order valence-corrected chi connectivity index (χ4v) is 1.92. The highest BCUT2D eigenvalue weighted by molar-refractivity contribution is 6.42. The number of methoxy groups -OCH3 is 3. The van der Waals surface area contributed by atoms with E-state index < -0.39 is 11.8 Å². The van der Waals surface area contributed by atoms with Crippen molar-refractivity contribution in [1.29, 1.82) is 0 Å². The van der Waals surface area contributed by atoms with E-state index in [1.807, 2.05) is 0 Å². The Morgan fingerprint density at radius 2 is 1.60 bits per heavy atom. The molecule has 110 valence electrons. The molecule has 0 aliphatic heterocycles. The van der Waals surface area contributed by atoms with E-state index in [1.54, 1.807) is 6.92 Å². The lowest BCUT2D eigenvalue weighted by molar-refractivity contribution is -0.137. The van der Waals surface area contributed by atoms with Crippen molar-refractivity contribution in [1.82, 2.24) is 0 Å². The highest BCUT2D eigenvalue weighted by Gasteiger charge is 2.28. The van der Waals surface area contributed by atoms with Crippen LogP contribution in [0.3, 0.4) is 0 Å². The third-order valence-corrected chi connectivity index (χ3v) is 2.74. The lowest BCUT2D eigenvalue weighted by Crippen LogP contribution is -2.18. The summed E-state index contributed by atoms with van der Waals surface area (Å²) in [6, 6.07) is 1.28. The van der Waals surface area contributed by atoms with Gasteiger partial charge < -0.3 is 18.9 Å². The predicted octanol–water partition coefficient (Wildman–Crippen LogP) is 2.11. The topological polar surface area (TPSA) is 71.1 Å². The van der Waals surface area contributed by atoms with E-state index in [2.05, 4.69) is 4.74 Å². The molecule has 0 radical (unpaired) electrons. The monoisotopic (exact) mass is 302 g/mol. The summed E-state index contributed by atoms with van der Waals surface area (Å²) >= 11 is 6.00. The van der Waals surface area contributed by atoms with Crippen LogP contribution in [-0.2, 0) is 9.53 Å². The Morgan fingerprint density at radius 3 is 2.05 bits per heavy atom. The van der Waals surface area contributed by atoms with Gasteiger partial charge in [0.15, 0.2) is 11.5 Å². The quantitative estimate of drug-likeness (QED) is 0.455. The second kappa shape index (κ2) is 7.00. The average molecular weight is 303 g/mol. The van der Waals surface area contributed by atoms with Crippen molar-refractivity contribution in [3.8, 4) is 17.2 Å². The van der Waals surface area contributed by atoms with Crippen LogP contribution >= 0.6 is 11.6 Å². The van der Waals surface area contributed by atoms with Gasteiger partial charge in [0.1, 0.15) is 0 Å². The van der Waals surface area contributed by atoms with Crippen molar-refractivity contribution in [3.63, 3.8) is 0 Å². The van der Waals surface area contributed by atoms with Crippen molar-refractivity contribution >= 4 is 23.4 Å². The molecule has 0 unspecified atom stereocenters. The first-order valence-corrected chi connectivity index (χ1v) is 6.09. The molecule has 0 amide bonds. The second-order valence-electron chi connectivity index (χ2n) is 3.56. The predicted molar refractivity (Wildman–Crippen MR) is 72.1 cm³/mol. The van der Waals surface area contributed by atoms with E-state index in [0.29, 0.717) is 0 Å². The van der Waals surface area contributed by atoms with Crippen LogP contribution in [-0.4, -0.2) is 39.7 Å². The van der Waals surface area contributed by atoms with Crippen molar-refractivity contribution in [2.24, 2.45) is 0 Å². The van der Waals surface area contributed by atoms with Gasteiger partial charge >= 0.3 is 5.97 Å². The molecule has 6 nitrogen and oxygen atoms in total. The van der Waals surface area contributed by atoms with Gasteiger partial charge in [-0.1, -0.05) is 11.6 Å². The van der Waals surface area contributed by atoms with Crippen molar-refractivity contribution < 1.29 is 28.5 Å². The fraction of sp³-hybridized carbons (Fsp3) is 0.385. The molecule has 1 aromatic rings. The number of carbonyl (C=O) groups excluding carboxylic acids is 2. The van der Waals surface area contributed by atoms with E-state index in [0.717, 1.165) is 0 Å². The van der Waals surface area contributed by atoms with Gasteiger partial charge in [0.2, 0.25) is 5.75 Å². The van der Waals surface area contributed by atoms with Crippen LogP contribution in [0.4, 0.5) is 0 Å². The fourth-order valence-electron chi connectivity index (χ4n) is 1.65.